The van der Waals surface area contributed by atoms with Gasteiger partial charge in [-0.15, -0.1) is 11.6 Å². The summed E-state index contributed by atoms with van der Waals surface area (Å²) < 4.78 is 0. The van der Waals surface area contributed by atoms with Crippen molar-refractivity contribution in [2.45, 2.75) is 19.8 Å². The first-order chi connectivity index (χ1) is 6.74. The maximum atomic E-state index is 11.4. The standard InChI is InChI=1S/C11H14ClNO/c1-9-5-2-3-6-10(9)13-11(14)7-4-8-12/h2-3,5-6H,4,7-8H2,1H3,(H,13,14). The third-order valence-corrected chi connectivity index (χ3v) is 2.22. The van der Waals surface area contributed by atoms with Crippen LogP contribution in [0.1, 0.15) is 18.4 Å². The van der Waals surface area contributed by atoms with Crippen molar-refractivity contribution in [3.8, 4) is 0 Å². The number of amides is 1. The van der Waals surface area contributed by atoms with E-state index in [9.17, 15) is 4.79 Å². The van der Waals surface area contributed by atoms with Crippen LogP contribution in [0, 0.1) is 6.92 Å². The summed E-state index contributed by atoms with van der Waals surface area (Å²) in [6.45, 7) is 1.97. The Kier molecular flexibility index (Phi) is 4.47. The van der Waals surface area contributed by atoms with Gasteiger partial charge < -0.3 is 5.32 Å². The third kappa shape index (κ3) is 3.38. The molecule has 1 aromatic rings. The molecule has 0 bridgehead atoms. The molecular weight excluding hydrogens is 198 g/mol. The van der Waals surface area contributed by atoms with E-state index in [1.807, 2.05) is 31.2 Å². The van der Waals surface area contributed by atoms with Crippen molar-refractivity contribution < 1.29 is 4.79 Å². The van der Waals surface area contributed by atoms with Gasteiger partial charge in [-0.1, -0.05) is 18.2 Å². The summed E-state index contributed by atoms with van der Waals surface area (Å²) in [5, 5.41) is 2.85. The summed E-state index contributed by atoms with van der Waals surface area (Å²) in [5.74, 6) is 0.557. The van der Waals surface area contributed by atoms with Crippen LogP contribution in [0.5, 0.6) is 0 Å². The summed E-state index contributed by atoms with van der Waals surface area (Å²) in [6, 6.07) is 7.72. The van der Waals surface area contributed by atoms with Gasteiger partial charge in [0.05, 0.1) is 0 Å². The smallest absolute Gasteiger partial charge is 0.224 e. The lowest BCUT2D eigenvalue weighted by atomic mass is 10.2. The topological polar surface area (TPSA) is 29.1 Å². The molecule has 1 aromatic carbocycles. The Morgan fingerprint density at radius 2 is 2.14 bits per heavy atom. The number of alkyl halides is 1. The van der Waals surface area contributed by atoms with Gasteiger partial charge in [-0.05, 0) is 25.0 Å². The largest absolute Gasteiger partial charge is 0.326 e. The molecule has 0 atom stereocenters. The number of hydrogen-bond acceptors (Lipinski definition) is 1. The highest BCUT2D eigenvalue weighted by Gasteiger charge is 2.02. The van der Waals surface area contributed by atoms with Crippen LogP contribution in [0.3, 0.4) is 0 Å². The number of anilines is 1. The molecule has 3 heteroatoms. The van der Waals surface area contributed by atoms with E-state index in [1.54, 1.807) is 0 Å². The molecule has 1 N–H and O–H groups in total. The zero-order valence-electron chi connectivity index (χ0n) is 8.22. The molecule has 76 valence electrons. The molecule has 0 heterocycles. The van der Waals surface area contributed by atoms with Crippen LogP contribution in [-0.2, 0) is 4.79 Å². The van der Waals surface area contributed by atoms with E-state index in [2.05, 4.69) is 5.32 Å². The van der Waals surface area contributed by atoms with Crippen molar-refractivity contribution in [1.29, 1.82) is 0 Å². The number of hydrogen-bond donors (Lipinski definition) is 1. The fourth-order valence-corrected chi connectivity index (χ4v) is 1.29. The summed E-state index contributed by atoms with van der Waals surface area (Å²) in [4.78, 5) is 11.4. The molecule has 1 amide bonds. The van der Waals surface area contributed by atoms with Crippen molar-refractivity contribution in [2.24, 2.45) is 0 Å². The predicted octanol–water partition coefficient (Wildman–Crippen LogP) is 2.95. The number of para-hydroxylation sites is 1. The van der Waals surface area contributed by atoms with E-state index >= 15 is 0 Å². The number of nitrogens with one attached hydrogen (secondary N) is 1. The molecule has 0 fully saturated rings. The molecule has 2 nitrogen and oxygen atoms in total. The molecule has 0 saturated carbocycles. The van der Waals surface area contributed by atoms with Gasteiger partial charge in [-0.3, -0.25) is 4.79 Å². The number of halogens is 1. The van der Waals surface area contributed by atoms with E-state index in [0.29, 0.717) is 12.3 Å². The summed E-state index contributed by atoms with van der Waals surface area (Å²) in [5.41, 5.74) is 1.96. The Hall–Kier alpha value is -1.02. The second-order valence-electron chi connectivity index (χ2n) is 3.16. The highest BCUT2D eigenvalue weighted by molar-refractivity contribution is 6.18. The van der Waals surface area contributed by atoms with E-state index < -0.39 is 0 Å². The van der Waals surface area contributed by atoms with Crippen molar-refractivity contribution in [3.05, 3.63) is 29.8 Å². The molecule has 0 aliphatic carbocycles. The van der Waals surface area contributed by atoms with Gasteiger partial charge in [0.15, 0.2) is 0 Å². The molecular formula is C11H14ClNO. The first-order valence-corrected chi connectivity index (χ1v) is 5.19. The van der Waals surface area contributed by atoms with Crippen LogP contribution >= 0.6 is 11.6 Å². The number of carbonyl (C=O) groups is 1. The minimum absolute atomic E-state index is 0.0277. The number of benzene rings is 1. The van der Waals surface area contributed by atoms with Crippen LogP contribution in [0.4, 0.5) is 5.69 Å². The maximum absolute atomic E-state index is 11.4. The Balaban J connectivity index is 2.52. The molecule has 14 heavy (non-hydrogen) atoms. The number of carbonyl (C=O) groups excluding carboxylic acids is 1. The molecule has 0 aromatic heterocycles. The SMILES string of the molecule is Cc1ccccc1NC(=O)CCCCl. The lowest BCUT2D eigenvalue weighted by Gasteiger charge is -2.06. The molecule has 0 spiro atoms. The van der Waals surface area contributed by atoms with E-state index in [0.717, 1.165) is 17.7 Å². The number of rotatable bonds is 4. The zero-order chi connectivity index (χ0) is 10.4. The quantitative estimate of drug-likeness (QED) is 0.763. The number of aryl methyl sites for hydroxylation is 1. The van der Waals surface area contributed by atoms with Crippen molar-refractivity contribution in [3.63, 3.8) is 0 Å². The van der Waals surface area contributed by atoms with Crippen LogP contribution in [-0.4, -0.2) is 11.8 Å². The fraction of sp³-hybridized carbons (Fsp3) is 0.364. The molecule has 0 aliphatic heterocycles. The Bertz CT molecular complexity index is 312. The van der Waals surface area contributed by atoms with Crippen molar-refractivity contribution >= 4 is 23.2 Å². The Morgan fingerprint density at radius 3 is 2.79 bits per heavy atom. The molecule has 0 radical (unpaired) electrons. The van der Waals surface area contributed by atoms with Crippen LogP contribution in [0.15, 0.2) is 24.3 Å². The Morgan fingerprint density at radius 1 is 1.43 bits per heavy atom. The van der Waals surface area contributed by atoms with E-state index in [1.165, 1.54) is 0 Å². The second kappa shape index (κ2) is 5.66. The lowest BCUT2D eigenvalue weighted by Crippen LogP contribution is -2.12. The Labute approximate surface area is 89.3 Å². The summed E-state index contributed by atoms with van der Waals surface area (Å²) >= 11 is 5.50. The predicted molar refractivity (Wildman–Crippen MR) is 59.8 cm³/mol. The third-order valence-electron chi connectivity index (χ3n) is 1.96. The normalized spacial score (nSPS) is 9.86. The zero-order valence-corrected chi connectivity index (χ0v) is 8.97. The average molecular weight is 212 g/mol. The molecule has 0 saturated heterocycles. The van der Waals surface area contributed by atoms with Gasteiger partial charge in [-0.25, -0.2) is 0 Å². The average Bonchev–Trinajstić information content (AvgIpc) is 2.18. The van der Waals surface area contributed by atoms with Crippen LogP contribution in [0.2, 0.25) is 0 Å². The van der Waals surface area contributed by atoms with Crippen molar-refractivity contribution in [1.82, 2.24) is 0 Å². The second-order valence-corrected chi connectivity index (χ2v) is 3.53. The van der Waals surface area contributed by atoms with Gasteiger partial charge in [0, 0.05) is 18.0 Å². The highest BCUT2D eigenvalue weighted by Crippen LogP contribution is 2.13. The highest BCUT2D eigenvalue weighted by atomic mass is 35.5. The van der Waals surface area contributed by atoms with Crippen molar-refractivity contribution in [2.75, 3.05) is 11.2 Å². The van der Waals surface area contributed by atoms with Gasteiger partial charge in [0.1, 0.15) is 0 Å². The monoisotopic (exact) mass is 211 g/mol. The minimum Gasteiger partial charge on any atom is -0.326 e. The molecule has 0 aliphatic rings. The molecule has 1 rings (SSSR count). The van der Waals surface area contributed by atoms with Gasteiger partial charge in [-0.2, -0.15) is 0 Å². The van der Waals surface area contributed by atoms with E-state index in [-0.39, 0.29) is 5.91 Å². The van der Waals surface area contributed by atoms with Crippen LogP contribution < -0.4 is 5.32 Å². The summed E-state index contributed by atoms with van der Waals surface area (Å²) in [6.07, 6.45) is 1.21. The fourth-order valence-electron chi connectivity index (χ4n) is 1.15. The summed E-state index contributed by atoms with van der Waals surface area (Å²) in [7, 11) is 0. The van der Waals surface area contributed by atoms with Gasteiger partial charge in [0.25, 0.3) is 0 Å². The minimum atomic E-state index is 0.0277. The maximum Gasteiger partial charge on any atom is 0.224 e. The van der Waals surface area contributed by atoms with E-state index in [4.69, 9.17) is 11.6 Å². The first kappa shape index (κ1) is 11.1. The van der Waals surface area contributed by atoms with Gasteiger partial charge >= 0.3 is 0 Å². The first-order valence-electron chi connectivity index (χ1n) is 4.65. The van der Waals surface area contributed by atoms with Crippen LogP contribution in [0.25, 0.3) is 0 Å². The lowest BCUT2D eigenvalue weighted by molar-refractivity contribution is -0.116. The van der Waals surface area contributed by atoms with Gasteiger partial charge in [0.2, 0.25) is 5.91 Å². The molecule has 0 unspecified atom stereocenters.